The standard InChI is InChI=1S/C20H18ClF2NO2/c1-11(25)15-9-12(22)10-16(15)20(26)24-18-8-4-6-14(19(18)23)13-5-2-3-7-17(13)21/h2-8,12,15-16H,9-10H2,1H3,(H,24,26)/t12-,15-,16-/m0/s1. The minimum absolute atomic E-state index is 0.0166. The zero-order chi connectivity index (χ0) is 18.8. The Morgan fingerprint density at radius 3 is 2.38 bits per heavy atom. The van der Waals surface area contributed by atoms with E-state index in [1.54, 1.807) is 36.4 Å². The van der Waals surface area contributed by atoms with Gasteiger partial charge >= 0.3 is 0 Å². The Labute approximate surface area is 155 Å². The summed E-state index contributed by atoms with van der Waals surface area (Å²) < 4.78 is 28.6. The summed E-state index contributed by atoms with van der Waals surface area (Å²) in [4.78, 5) is 24.2. The lowest BCUT2D eigenvalue weighted by atomic mass is 9.92. The Bertz CT molecular complexity index is 855. The van der Waals surface area contributed by atoms with E-state index in [0.29, 0.717) is 10.6 Å². The summed E-state index contributed by atoms with van der Waals surface area (Å²) in [5.41, 5.74) is 0.748. The van der Waals surface area contributed by atoms with Crippen molar-refractivity contribution in [2.24, 2.45) is 11.8 Å². The van der Waals surface area contributed by atoms with Crippen molar-refractivity contribution < 1.29 is 18.4 Å². The van der Waals surface area contributed by atoms with Crippen molar-refractivity contribution in [1.29, 1.82) is 0 Å². The predicted molar refractivity (Wildman–Crippen MR) is 97.3 cm³/mol. The molecule has 2 aromatic rings. The largest absolute Gasteiger partial charge is 0.323 e. The summed E-state index contributed by atoms with van der Waals surface area (Å²) in [6.45, 7) is 1.35. The van der Waals surface area contributed by atoms with Crippen LogP contribution in [0.5, 0.6) is 0 Å². The first-order chi connectivity index (χ1) is 12.4. The zero-order valence-electron chi connectivity index (χ0n) is 14.1. The Morgan fingerprint density at radius 1 is 1.04 bits per heavy atom. The summed E-state index contributed by atoms with van der Waals surface area (Å²) in [6, 6.07) is 11.4. The highest BCUT2D eigenvalue weighted by Gasteiger charge is 2.41. The highest BCUT2D eigenvalue weighted by molar-refractivity contribution is 6.33. The van der Waals surface area contributed by atoms with Crippen LogP contribution in [0.3, 0.4) is 0 Å². The number of hydrogen-bond acceptors (Lipinski definition) is 2. The molecule has 6 heteroatoms. The number of ketones is 1. The normalized spacial score (nSPS) is 22.2. The molecule has 26 heavy (non-hydrogen) atoms. The number of benzene rings is 2. The van der Waals surface area contributed by atoms with Gasteiger partial charge in [-0.15, -0.1) is 0 Å². The van der Waals surface area contributed by atoms with Gasteiger partial charge in [-0.05, 0) is 31.9 Å². The molecule has 0 spiro atoms. The quantitative estimate of drug-likeness (QED) is 0.811. The number of anilines is 1. The first-order valence-corrected chi connectivity index (χ1v) is 8.75. The molecule has 0 unspecified atom stereocenters. The molecule has 1 fully saturated rings. The van der Waals surface area contributed by atoms with Crippen LogP contribution in [-0.2, 0) is 9.59 Å². The Morgan fingerprint density at radius 2 is 1.69 bits per heavy atom. The van der Waals surface area contributed by atoms with Crippen LogP contribution in [0, 0.1) is 17.7 Å². The average molecular weight is 378 g/mol. The first kappa shape index (κ1) is 18.5. The van der Waals surface area contributed by atoms with Crippen LogP contribution in [0.2, 0.25) is 5.02 Å². The molecule has 1 N–H and O–H groups in total. The topological polar surface area (TPSA) is 46.2 Å². The van der Waals surface area contributed by atoms with Gasteiger partial charge in [-0.2, -0.15) is 0 Å². The second kappa shape index (κ2) is 7.54. The van der Waals surface area contributed by atoms with Crippen LogP contribution in [-0.4, -0.2) is 17.9 Å². The number of nitrogens with one attached hydrogen (secondary N) is 1. The summed E-state index contributed by atoms with van der Waals surface area (Å²) in [6.07, 6.45) is -1.18. The second-order valence-electron chi connectivity index (χ2n) is 6.53. The average Bonchev–Trinajstić information content (AvgIpc) is 3.00. The molecule has 1 saturated carbocycles. The predicted octanol–water partition coefficient (Wildman–Crippen LogP) is 5.04. The van der Waals surface area contributed by atoms with Gasteiger partial charge < -0.3 is 5.32 Å². The van der Waals surface area contributed by atoms with E-state index in [1.807, 2.05) is 0 Å². The zero-order valence-corrected chi connectivity index (χ0v) is 14.9. The van der Waals surface area contributed by atoms with Gasteiger partial charge in [0.05, 0.1) is 11.6 Å². The van der Waals surface area contributed by atoms with E-state index >= 15 is 0 Å². The molecule has 0 aromatic heterocycles. The molecule has 1 amide bonds. The number of halogens is 3. The molecule has 0 aliphatic heterocycles. The van der Waals surface area contributed by atoms with Gasteiger partial charge in [0.2, 0.25) is 5.91 Å². The fourth-order valence-electron chi connectivity index (χ4n) is 3.46. The van der Waals surface area contributed by atoms with E-state index in [0.717, 1.165) is 0 Å². The highest BCUT2D eigenvalue weighted by Crippen LogP contribution is 2.37. The third-order valence-electron chi connectivity index (χ3n) is 4.78. The molecular formula is C20H18ClF2NO2. The minimum Gasteiger partial charge on any atom is -0.323 e. The Balaban J connectivity index is 1.87. The number of alkyl halides is 1. The number of carbonyl (C=O) groups excluding carboxylic acids is 2. The third-order valence-corrected chi connectivity index (χ3v) is 5.11. The number of rotatable bonds is 4. The maximum atomic E-state index is 14.9. The second-order valence-corrected chi connectivity index (χ2v) is 6.94. The smallest absolute Gasteiger partial charge is 0.228 e. The lowest BCUT2D eigenvalue weighted by Crippen LogP contribution is -2.29. The third kappa shape index (κ3) is 3.63. The van der Waals surface area contributed by atoms with Crippen LogP contribution < -0.4 is 5.32 Å². The van der Waals surface area contributed by atoms with Crippen molar-refractivity contribution in [3.05, 3.63) is 53.3 Å². The van der Waals surface area contributed by atoms with Gasteiger partial charge in [-0.3, -0.25) is 9.59 Å². The van der Waals surface area contributed by atoms with Crippen LogP contribution in [0.4, 0.5) is 14.5 Å². The molecule has 1 aliphatic rings. The van der Waals surface area contributed by atoms with Crippen LogP contribution in [0.25, 0.3) is 11.1 Å². The molecule has 2 aromatic carbocycles. The molecule has 3 rings (SSSR count). The van der Waals surface area contributed by atoms with Gasteiger partial charge in [-0.25, -0.2) is 8.78 Å². The van der Waals surface area contributed by atoms with Crippen molar-refractivity contribution in [2.45, 2.75) is 25.9 Å². The molecular weight excluding hydrogens is 360 g/mol. The number of amides is 1. The molecule has 0 radical (unpaired) electrons. The summed E-state index contributed by atoms with van der Waals surface area (Å²) >= 11 is 6.13. The molecule has 3 atom stereocenters. The Hall–Kier alpha value is -2.27. The fraction of sp³-hybridized carbons (Fsp3) is 0.300. The first-order valence-electron chi connectivity index (χ1n) is 8.37. The summed E-state index contributed by atoms with van der Waals surface area (Å²) in [7, 11) is 0. The van der Waals surface area contributed by atoms with Crippen LogP contribution in [0.15, 0.2) is 42.5 Å². The lowest BCUT2D eigenvalue weighted by Gasteiger charge is -2.17. The Kier molecular flexibility index (Phi) is 5.37. The van der Waals surface area contributed by atoms with E-state index in [9.17, 15) is 18.4 Å². The molecule has 0 heterocycles. The number of hydrogen-bond donors (Lipinski definition) is 1. The van der Waals surface area contributed by atoms with Gasteiger partial charge in [-0.1, -0.05) is 41.9 Å². The van der Waals surface area contributed by atoms with Crippen molar-refractivity contribution in [3.8, 4) is 11.1 Å². The number of carbonyl (C=O) groups is 2. The summed E-state index contributed by atoms with van der Waals surface area (Å²) in [5, 5.41) is 2.90. The van der Waals surface area contributed by atoms with E-state index in [2.05, 4.69) is 5.32 Å². The fourth-order valence-corrected chi connectivity index (χ4v) is 3.69. The van der Waals surface area contributed by atoms with Gasteiger partial charge in [0.1, 0.15) is 12.0 Å². The van der Waals surface area contributed by atoms with Crippen molar-refractivity contribution in [1.82, 2.24) is 0 Å². The van der Waals surface area contributed by atoms with E-state index in [4.69, 9.17) is 11.6 Å². The number of Topliss-reactive ketones (excluding diaryl/α,β-unsaturated/α-hetero) is 1. The summed E-state index contributed by atoms with van der Waals surface area (Å²) in [5.74, 6) is -2.84. The molecule has 1 aliphatic carbocycles. The van der Waals surface area contributed by atoms with Gasteiger partial charge in [0, 0.05) is 22.1 Å². The molecule has 3 nitrogen and oxygen atoms in total. The van der Waals surface area contributed by atoms with Gasteiger partial charge in [0.15, 0.2) is 5.82 Å². The van der Waals surface area contributed by atoms with Crippen LogP contribution >= 0.6 is 11.6 Å². The van der Waals surface area contributed by atoms with E-state index in [-0.39, 0.29) is 29.9 Å². The minimum atomic E-state index is -1.20. The highest BCUT2D eigenvalue weighted by atomic mass is 35.5. The van der Waals surface area contributed by atoms with Crippen LogP contribution in [0.1, 0.15) is 19.8 Å². The van der Waals surface area contributed by atoms with Crippen molar-refractivity contribution >= 4 is 29.0 Å². The van der Waals surface area contributed by atoms with Crippen molar-refractivity contribution in [2.75, 3.05) is 5.32 Å². The maximum Gasteiger partial charge on any atom is 0.228 e. The molecule has 0 bridgehead atoms. The molecule has 0 saturated heterocycles. The van der Waals surface area contributed by atoms with E-state index in [1.165, 1.54) is 13.0 Å². The monoisotopic (exact) mass is 377 g/mol. The van der Waals surface area contributed by atoms with Gasteiger partial charge in [0.25, 0.3) is 0 Å². The molecule has 136 valence electrons. The van der Waals surface area contributed by atoms with E-state index < -0.39 is 29.7 Å². The maximum absolute atomic E-state index is 14.9. The lowest BCUT2D eigenvalue weighted by molar-refractivity contribution is -0.128. The van der Waals surface area contributed by atoms with Crippen molar-refractivity contribution in [3.63, 3.8) is 0 Å². The SMILES string of the molecule is CC(=O)[C@@H]1C[C@H](F)C[C@@H]1C(=O)Nc1cccc(-c2ccccc2Cl)c1F.